The van der Waals surface area contributed by atoms with Gasteiger partial charge < -0.3 is 14.8 Å². The van der Waals surface area contributed by atoms with Crippen molar-refractivity contribution in [3.8, 4) is 5.75 Å². The number of amides is 1. The van der Waals surface area contributed by atoms with Crippen LogP contribution in [-0.4, -0.2) is 31.6 Å². The van der Waals surface area contributed by atoms with Gasteiger partial charge in [-0.05, 0) is 37.6 Å². The van der Waals surface area contributed by atoms with E-state index in [4.69, 9.17) is 9.47 Å². The minimum absolute atomic E-state index is 0.0229. The van der Waals surface area contributed by atoms with Gasteiger partial charge in [0.2, 0.25) is 0 Å². The third-order valence-electron chi connectivity index (χ3n) is 2.84. The highest BCUT2D eigenvalue weighted by atomic mass is 16.5. The topological polar surface area (TPSA) is 64.6 Å². The van der Waals surface area contributed by atoms with E-state index >= 15 is 0 Å². The standard InChI is InChI=1S/C16H23NO4/c1-3-5-6-11-17-15(18)12-21-14-9-7-13(8-10-14)16(19)20-4-2/h7-10H,3-6,11-12H2,1-2H3,(H,17,18). The van der Waals surface area contributed by atoms with E-state index in [1.165, 1.54) is 0 Å². The molecule has 116 valence electrons. The van der Waals surface area contributed by atoms with Crippen LogP contribution in [-0.2, 0) is 9.53 Å². The SMILES string of the molecule is CCCCCNC(=O)COc1ccc(C(=O)OCC)cc1. The first kappa shape index (κ1) is 17.0. The average Bonchev–Trinajstić information content (AvgIpc) is 2.50. The molecule has 0 fully saturated rings. The van der Waals surface area contributed by atoms with Crippen molar-refractivity contribution >= 4 is 11.9 Å². The lowest BCUT2D eigenvalue weighted by molar-refractivity contribution is -0.123. The predicted octanol–water partition coefficient (Wildman–Crippen LogP) is 2.55. The Morgan fingerprint density at radius 1 is 1.10 bits per heavy atom. The summed E-state index contributed by atoms with van der Waals surface area (Å²) in [5.74, 6) is 0.0463. The maximum atomic E-state index is 11.5. The highest BCUT2D eigenvalue weighted by molar-refractivity contribution is 5.89. The maximum absolute atomic E-state index is 11.5. The zero-order chi connectivity index (χ0) is 15.5. The molecule has 0 aromatic heterocycles. The molecule has 0 unspecified atom stereocenters. The molecule has 0 saturated carbocycles. The molecule has 21 heavy (non-hydrogen) atoms. The van der Waals surface area contributed by atoms with Crippen LogP contribution in [0.4, 0.5) is 0 Å². The summed E-state index contributed by atoms with van der Waals surface area (Å²) in [7, 11) is 0. The zero-order valence-corrected chi connectivity index (χ0v) is 12.7. The number of unbranched alkanes of at least 4 members (excludes halogenated alkanes) is 2. The second-order valence-electron chi connectivity index (χ2n) is 4.59. The Morgan fingerprint density at radius 2 is 1.81 bits per heavy atom. The van der Waals surface area contributed by atoms with Gasteiger partial charge in [0.15, 0.2) is 6.61 Å². The number of hydrogen-bond acceptors (Lipinski definition) is 4. The minimum Gasteiger partial charge on any atom is -0.484 e. The van der Waals surface area contributed by atoms with E-state index in [-0.39, 0.29) is 18.5 Å². The molecule has 1 aromatic rings. The second-order valence-corrected chi connectivity index (χ2v) is 4.59. The van der Waals surface area contributed by atoms with Gasteiger partial charge in [0.05, 0.1) is 12.2 Å². The molecular formula is C16H23NO4. The summed E-state index contributed by atoms with van der Waals surface area (Å²) >= 11 is 0. The first-order chi connectivity index (χ1) is 10.2. The van der Waals surface area contributed by atoms with Gasteiger partial charge in [-0.1, -0.05) is 19.8 Å². The van der Waals surface area contributed by atoms with Crippen molar-refractivity contribution in [2.75, 3.05) is 19.8 Å². The van der Waals surface area contributed by atoms with Crippen molar-refractivity contribution in [3.05, 3.63) is 29.8 Å². The smallest absolute Gasteiger partial charge is 0.338 e. The lowest BCUT2D eigenvalue weighted by Gasteiger charge is -2.08. The molecular weight excluding hydrogens is 270 g/mol. The summed E-state index contributed by atoms with van der Waals surface area (Å²) in [6.07, 6.45) is 3.21. The molecule has 1 amide bonds. The first-order valence-corrected chi connectivity index (χ1v) is 7.34. The number of benzene rings is 1. The zero-order valence-electron chi connectivity index (χ0n) is 12.7. The fraction of sp³-hybridized carbons (Fsp3) is 0.500. The van der Waals surface area contributed by atoms with Gasteiger partial charge >= 0.3 is 5.97 Å². The van der Waals surface area contributed by atoms with Gasteiger partial charge in [-0.2, -0.15) is 0 Å². The van der Waals surface area contributed by atoms with E-state index in [0.29, 0.717) is 24.5 Å². The van der Waals surface area contributed by atoms with Gasteiger partial charge in [0.25, 0.3) is 5.91 Å². The molecule has 0 spiro atoms. The fourth-order valence-corrected chi connectivity index (χ4v) is 1.70. The third-order valence-corrected chi connectivity index (χ3v) is 2.84. The summed E-state index contributed by atoms with van der Waals surface area (Å²) < 4.78 is 10.2. The van der Waals surface area contributed by atoms with Crippen LogP contribution in [0.25, 0.3) is 0 Å². The molecule has 0 aliphatic carbocycles. The van der Waals surface area contributed by atoms with E-state index in [1.54, 1.807) is 31.2 Å². The van der Waals surface area contributed by atoms with Crippen molar-refractivity contribution in [3.63, 3.8) is 0 Å². The Hall–Kier alpha value is -2.04. The molecule has 0 saturated heterocycles. The van der Waals surface area contributed by atoms with Crippen LogP contribution in [0.3, 0.4) is 0 Å². The summed E-state index contributed by atoms with van der Waals surface area (Å²) in [6.45, 7) is 4.87. The van der Waals surface area contributed by atoms with Crippen molar-refractivity contribution in [2.24, 2.45) is 0 Å². The number of ether oxygens (including phenoxy) is 2. The van der Waals surface area contributed by atoms with Gasteiger partial charge in [-0.25, -0.2) is 4.79 Å². The Morgan fingerprint density at radius 3 is 2.43 bits per heavy atom. The molecule has 5 heteroatoms. The van der Waals surface area contributed by atoms with Crippen LogP contribution in [0.2, 0.25) is 0 Å². The van der Waals surface area contributed by atoms with E-state index in [0.717, 1.165) is 19.3 Å². The summed E-state index contributed by atoms with van der Waals surface area (Å²) in [6, 6.07) is 6.53. The molecule has 0 atom stereocenters. The Balaban J connectivity index is 2.32. The monoisotopic (exact) mass is 293 g/mol. The van der Waals surface area contributed by atoms with Crippen LogP contribution >= 0.6 is 0 Å². The average molecular weight is 293 g/mol. The van der Waals surface area contributed by atoms with Gasteiger partial charge in [0.1, 0.15) is 5.75 Å². The van der Waals surface area contributed by atoms with Crippen LogP contribution in [0.5, 0.6) is 5.75 Å². The van der Waals surface area contributed by atoms with Crippen LogP contribution in [0, 0.1) is 0 Å². The van der Waals surface area contributed by atoms with E-state index < -0.39 is 0 Å². The van der Waals surface area contributed by atoms with E-state index in [2.05, 4.69) is 12.2 Å². The third kappa shape index (κ3) is 6.79. The molecule has 0 aliphatic heterocycles. The van der Waals surface area contributed by atoms with Crippen molar-refractivity contribution in [2.45, 2.75) is 33.1 Å². The van der Waals surface area contributed by atoms with Crippen LogP contribution < -0.4 is 10.1 Å². The van der Waals surface area contributed by atoms with Crippen molar-refractivity contribution < 1.29 is 19.1 Å². The molecule has 1 N–H and O–H groups in total. The number of hydrogen-bond donors (Lipinski definition) is 1. The van der Waals surface area contributed by atoms with Crippen LogP contribution in [0.1, 0.15) is 43.5 Å². The normalized spacial score (nSPS) is 10.0. The second kappa shape index (κ2) is 9.80. The lowest BCUT2D eigenvalue weighted by Crippen LogP contribution is -2.29. The molecule has 0 radical (unpaired) electrons. The van der Waals surface area contributed by atoms with Crippen molar-refractivity contribution in [1.29, 1.82) is 0 Å². The first-order valence-electron chi connectivity index (χ1n) is 7.34. The van der Waals surface area contributed by atoms with E-state index in [1.807, 2.05) is 0 Å². The van der Waals surface area contributed by atoms with E-state index in [9.17, 15) is 9.59 Å². The highest BCUT2D eigenvalue weighted by Gasteiger charge is 2.07. The van der Waals surface area contributed by atoms with Gasteiger partial charge in [-0.15, -0.1) is 0 Å². The fourth-order valence-electron chi connectivity index (χ4n) is 1.70. The molecule has 5 nitrogen and oxygen atoms in total. The van der Waals surface area contributed by atoms with Crippen molar-refractivity contribution in [1.82, 2.24) is 5.32 Å². The summed E-state index contributed by atoms with van der Waals surface area (Å²) in [5.41, 5.74) is 0.466. The largest absolute Gasteiger partial charge is 0.484 e. The Bertz CT molecular complexity index is 442. The molecule has 0 heterocycles. The number of rotatable bonds is 9. The van der Waals surface area contributed by atoms with Gasteiger partial charge in [0, 0.05) is 6.54 Å². The highest BCUT2D eigenvalue weighted by Crippen LogP contribution is 2.12. The molecule has 1 rings (SSSR count). The number of carbonyl (C=O) groups is 2. The number of nitrogens with one attached hydrogen (secondary N) is 1. The number of esters is 1. The summed E-state index contributed by atoms with van der Waals surface area (Å²) in [4.78, 5) is 23.0. The Labute approximate surface area is 125 Å². The van der Waals surface area contributed by atoms with Crippen LogP contribution in [0.15, 0.2) is 24.3 Å². The maximum Gasteiger partial charge on any atom is 0.338 e. The Kier molecular flexibility index (Phi) is 7.94. The lowest BCUT2D eigenvalue weighted by atomic mass is 10.2. The van der Waals surface area contributed by atoms with Gasteiger partial charge in [-0.3, -0.25) is 4.79 Å². The number of carbonyl (C=O) groups excluding carboxylic acids is 2. The predicted molar refractivity (Wildman–Crippen MR) is 80.4 cm³/mol. The molecule has 0 aliphatic rings. The summed E-state index contributed by atoms with van der Waals surface area (Å²) in [5, 5.41) is 2.80. The minimum atomic E-state index is -0.363. The quantitative estimate of drug-likeness (QED) is 0.561. The molecule has 0 bridgehead atoms. The molecule has 1 aromatic carbocycles.